The second kappa shape index (κ2) is 4.64. The maximum Gasteiger partial charge on any atom is 0.107 e. The molecule has 4 heteroatoms. The molecule has 0 radical (unpaired) electrons. The topological polar surface area (TPSA) is 54.7 Å². The van der Waals surface area contributed by atoms with Crippen LogP contribution in [0.25, 0.3) is 11.0 Å². The minimum atomic E-state index is 0.703. The Morgan fingerprint density at radius 3 is 2.93 bits per heavy atom. The number of hydrogen-bond donors (Lipinski definition) is 2. The molecule has 0 bridgehead atoms. The van der Waals surface area contributed by atoms with Gasteiger partial charge in [-0.1, -0.05) is 17.7 Å². The first-order valence-corrected chi connectivity index (χ1v) is 5.52. The van der Waals surface area contributed by atoms with E-state index >= 15 is 0 Å². The van der Waals surface area contributed by atoms with Gasteiger partial charge in [0, 0.05) is 6.42 Å². The predicted octanol–water partition coefficient (Wildman–Crippen LogP) is 2.50. The molecule has 0 aliphatic heterocycles. The molecule has 3 N–H and O–H groups in total. The molecule has 0 saturated heterocycles. The highest BCUT2D eigenvalue weighted by Gasteiger charge is 2.04. The lowest BCUT2D eigenvalue weighted by atomic mass is 10.2. The third-order valence-electron chi connectivity index (χ3n) is 2.38. The quantitative estimate of drug-likeness (QED) is 0.783. The number of benzene rings is 1. The molecular formula is C11H14ClN3. The van der Waals surface area contributed by atoms with Crippen molar-refractivity contribution >= 4 is 22.6 Å². The summed E-state index contributed by atoms with van der Waals surface area (Å²) in [5, 5.41) is 0.703. The summed E-state index contributed by atoms with van der Waals surface area (Å²) < 4.78 is 0. The number of nitrogens with two attached hydrogens (primary N) is 1. The summed E-state index contributed by atoms with van der Waals surface area (Å²) in [6, 6.07) is 5.77. The number of halogens is 1. The van der Waals surface area contributed by atoms with E-state index in [4.69, 9.17) is 17.3 Å². The van der Waals surface area contributed by atoms with Gasteiger partial charge >= 0.3 is 0 Å². The van der Waals surface area contributed by atoms with E-state index in [-0.39, 0.29) is 0 Å². The molecular weight excluding hydrogens is 210 g/mol. The van der Waals surface area contributed by atoms with Crippen LogP contribution in [-0.2, 0) is 6.42 Å². The number of H-pyrrole nitrogens is 1. The summed E-state index contributed by atoms with van der Waals surface area (Å²) in [6.07, 6.45) is 3.03. The Labute approximate surface area is 93.6 Å². The third-order valence-corrected chi connectivity index (χ3v) is 2.69. The normalized spacial score (nSPS) is 11.1. The highest BCUT2D eigenvalue weighted by Crippen LogP contribution is 2.21. The lowest BCUT2D eigenvalue weighted by Gasteiger charge is -1.93. The van der Waals surface area contributed by atoms with Crippen LogP contribution < -0.4 is 5.73 Å². The summed E-state index contributed by atoms with van der Waals surface area (Å²) in [4.78, 5) is 7.71. The highest BCUT2D eigenvalue weighted by molar-refractivity contribution is 6.34. The molecule has 0 amide bonds. The zero-order chi connectivity index (χ0) is 10.7. The molecule has 0 atom stereocenters. The summed E-state index contributed by atoms with van der Waals surface area (Å²) in [7, 11) is 0. The van der Waals surface area contributed by atoms with Gasteiger partial charge < -0.3 is 10.7 Å². The van der Waals surface area contributed by atoms with Crippen molar-refractivity contribution < 1.29 is 0 Å². The van der Waals surface area contributed by atoms with Crippen molar-refractivity contribution in [2.75, 3.05) is 6.54 Å². The largest absolute Gasteiger partial charge is 0.342 e. The number of aromatic amines is 1. The molecule has 0 fully saturated rings. The van der Waals surface area contributed by atoms with Crippen molar-refractivity contribution in [3.05, 3.63) is 29.0 Å². The van der Waals surface area contributed by atoms with Gasteiger partial charge in [0.05, 0.1) is 10.5 Å². The van der Waals surface area contributed by atoms with E-state index in [1.807, 2.05) is 18.2 Å². The van der Waals surface area contributed by atoms with Crippen LogP contribution in [0.2, 0.25) is 5.02 Å². The molecule has 1 heterocycles. The number of aromatic nitrogens is 2. The van der Waals surface area contributed by atoms with Gasteiger partial charge in [0.15, 0.2) is 0 Å². The maximum atomic E-state index is 6.03. The molecule has 1 aromatic carbocycles. The van der Waals surface area contributed by atoms with Gasteiger partial charge in [-0.2, -0.15) is 0 Å². The summed E-state index contributed by atoms with van der Waals surface area (Å²) in [5.41, 5.74) is 7.31. The van der Waals surface area contributed by atoms with Crippen LogP contribution in [0.1, 0.15) is 18.7 Å². The lowest BCUT2D eigenvalue weighted by Crippen LogP contribution is -1.99. The number of para-hydroxylation sites is 1. The Balaban J connectivity index is 2.20. The molecule has 3 nitrogen and oxygen atoms in total. The first-order valence-electron chi connectivity index (χ1n) is 5.14. The van der Waals surface area contributed by atoms with Crippen molar-refractivity contribution in [2.45, 2.75) is 19.3 Å². The Morgan fingerprint density at radius 2 is 2.20 bits per heavy atom. The van der Waals surface area contributed by atoms with Crippen LogP contribution in [0.5, 0.6) is 0 Å². The Kier molecular flexibility index (Phi) is 3.23. The van der Waals surface area contributed by atoms with Gasteiger partial charge in [-0.15, -0.1) is 0 Å². The average Bonchev–Trinajstić information content (AvgIpc) is 2.63. The molecule has 0 aliphatic rings. The fraction of sp³-hybridized carbons (Fsp3) is 0.364. The molecule has 0 saturated carbocycles. The summed E-state index contributed by atoms with van der Waals surface area (Å²) >= 11 is 6.03. The molecule has 0 unspecified atom stereocenters. The van der Waals surface area contributed by atoms with Gasteiger partial charge in [0.1, 0.15) is 11.3 Å². The van der Waals surface area contributed by atoms with Crippen LogP contribution >= 0.6 is 11.6 Å². The molecule has 1 aromatic heterocycles. The molecule has 0 spiro atoms. The first-order chi connectivity index (χ1) is 7.31. The average molecular weight is 224 g/mol. The summed E-state index contributed by atoms with van der Waals surface area (Å²) in [5.74, 6) is 0.992. The number of nitrogens with one attached hydrogen (secondary N) is 1. The smallest absolute Gasteiger partial charge is 0.107 e. The third kappa shape index (κ3) is 2.30. The fourth-order valence-corrected chi connectivity index (χ4v) is 1.82. The number of unbranched alkanes of at least 4 members (excludes halogenated alkanes) is 1. The number of aryl methyl sites for hydroxylation is 1. The SMILES string of the molecule is NCCCCc1nc2c(Cl)cccc2[nH]1. The van der Waals surface area contributed by atoms with Gasteiger partial charge in [0.2, 0.25) is 0 Å². The van der Waals surface area contributed by atoms with E-state index in [1.54, 1.807) is 0 Å². The summed E-state index contributed by atoms with van der Waals surface area (Å²) in [6.45, 7) is 0.737. The van der Waals surface area contributed by atoms with Gasteiger partial charge in [-0.3, -0.25) is 0 Å². The van der Waals surface area contributed by atoms with E-state index in [9.17, 15) is 0 Å². The van der Waals surface area contributed by atoms with E-state index in [1.165, 1.54) is 0 Å². The Hall–Kier alpha value is -1.06. The van der Waals surface area contributed by atoms with E-state index < -0.39 is 0 Å². The fourth-order valence-electron chi connectivity index (χ4n) is 1.60. The van der Waals surface area contributed by atoms with Crippen molar-refractivity contribution in [1.29, 1.82) is 0 Å². The number of nitrogens with zero attached hydrogens (tertiary/aromatic N) is 1. The lowest BCUT2D eigenvalue weighted by molar-refractivity contribution is 0.724. The predicted molar refractivity (Wildman–Crippen MR) is 63.1 cm³/mol. The minimum absolute atomic E-state index is 0.703. The standard InChI is InChI=1S/C11H14ClN3/c12-8-4-3-5-9-11(8)15-10(14-9)6-1-2-7-13/h3-5H,1-2,6-7,13H2,(H,14,15). The second-order valence-corrected chi connectivity index (χ2v) is 3.97. The van der Waals surface area contributed by atoms with E-state index in [0.29, 0.717) is 5.02 Å². The van der Waals surface area contributed by atoms with Crippen molar-refractivity contribution in [3.63, 3.8) is 0 Å². The van der Waals surface area contributed by atoms with Gasteiger partial charge in [-0.05, 0) is 31.5 Å². The van der Waals surface area contributed by atoms with Crippen molar-refractivity contribution in [2.24, 2.45) is 5.73 Å². The van der Waals surface area contributed by atoms with E-state index in [2.05, 4.69) is 9.97 Å². The van der Waals surface area contributed by atoms with Gasteiger partial charge in [0.25, 0.3) is 0 Å². The van der Waals surface area contributed by atoms with E-state index in [0.717, 1.165) is 42.7 Å². The number of fused-ring (bicyclic) bond motifs is 1. The molecule has 0 aliphatic carbocycles. The molecule has 15 heavy (non-hydrogen) atoms. The first kappa shape index (κ1) is 10.5. The van der Waals surface area contributed by atoms with Gasteiger partial charge in [-0.25, -0.2) is 4.98 Å². The molecule has 2 rings (SSSR count). The zero-order valence-electron chi connectivity index (χ0n) is 8.46. The monoisotopic (exact) mass is 223 g/mol. The van der Waals surface area contributed by atoms with Crippen molar-refractivity contribution in [3.8, 4) is 0 Å². The Bertz CT molecular complexity index is 450. The maximum absolute atomic E-state index is 6.03. The number of imidazole rings is 1. The van der Waals surface area contributed by atoms with Crippen molar-refractivity contribution in [1.82, 2.24) is 9.97 Å². The van der Waals surface area contributed by atoms with Crippen LogP contribution in [0.4, 0.5) is 0 Å². The van der Waals surface area contributed by atoms with Crippen LogP contribution in [-0.4, -0.2) is 16.5 Å². The Morgan fingerprint density at radius 1 is 1.33 bits per heavy atom. The number of hydrogen-bond acceptors (Lipinski definition) is 2. The van der Waals surface area contributed by atoms with Crippen LogP contribution in [0.15, 0.2) is 18.2 Å². The second-order valence-electron chi connectivity index (χ2n) is 3.57. The molecule has 2 aromatic rings. The molecule has 80 valence electrons. The zero-order valence-corrected chi connectivity index (χ0v) is 9.22. The minimum Gasteiger partial charge on any atom is -0.342 e. The number of rotatable bonds is 4. The highest BCUT2D eigenvalue weighted by atomic mass is 35.5. The van der Waals surface area contributed by atoms with Crippen LogP contribution in [0.3, 0.4) is 0 Å². The van der Waals surface area contributed by atoms with Crippen LogP contribution in [0, 0.1) is 0 Å².